The molecule has 0 spiro atoms. The highest BCUT2D eigenvalue weighted by atomic mass is 32.2. The van der Waals surface area contributed by atoms with E-state index in [1.807, 2.05) is 11.8 Å². The monoisotopic (exact) mass is 293 g/mol. The summed E-state index contributed by atoms with van der Waals surface area (Å²) < 4.78 is 0. The molecule has 3 aromatic carbocycles. The quantitative estimate of drug-likeness (QED) is 0.702. The first-order valence-corrected chi connectivity index (χ1v) is 8.14. The molecule has 3 aromatic rings. The fourth-order valence-electron chi connectivity index (χ4n) is 2.37. The van der Waals surface area contributed by atoms with Gasteiger partial charge in [0.05, 0.1) is 0 Å². The molecule has 0 amide bonds. The summed E-state index contributed by atoms with van der Waals surface area (Å²) in [6.07, 6.45) is 0. The van der Waals surface area contributed by atoms with Gasteiger partial charge in [-0.2, -0.15) is 0 Å². The van der Waals surface area contributed by atoms with Crippen LogP contribution in [0.15, 0.2) is 76.5 Å². The minimum atomic E-state index is 0.924. The van der Waals surface area contributed by atoms with Gasteiger partial charge in [-0.1, -0.05) is 67.2 Å². The van der Waals surface area contributed by atoms with Gasteiger partial charge in [0.1, 0.15) is 0 Å². The first-order valence-electron chi connectivity index (χ1n) is 7.32. The Hall–Kier alpha value is -1.77. The van der Waals surface area contributed by atoms with E-state index in [4.69, 9.17) is 0 Å². The normalized spacial score (nSPS) is 10.9. The number of nitrogens with one attached hydrogen (secondary N) is 1. The maximum absolute atomic E-state index is 3.41. The molecule has 0 aliphatic rings. The molecule has 0 unspecified atom stereocenters. The van der Waals surface area contributed by atoms with E-state index in [1.54, 1.807) is 0 Å². The standard InChI is InChI=1S/C19H19NS/c1-2-20-14-17-9-5-6-10-19(17)21-18-12-11-15-7-3-4-8-16(15)13-18/h3-13,20H,2,14H2,1H3. The van der Waals surface area contributed by atoms with Crippen molar-refractivity contribution in [1.82, 2.24) is 5.32 Å². The molecule has 0 bridgehead atoms. The molecular weight excluding hydrogens is 274 g/mol. The topological polar surface area (TPSA) is 12.0 Å². The third-order valence-corrected chi connectivity index (χ3v) is 4.59. The van der Waals surface area contributed by atoms with Crippen molar-refractivity contribution in [3.8, 4) is 0 Å². The fourth-order valence-corrected chi connectivity index (χ4v) is 3.36. The highest BCUT2D eigenvalue weighted by Crippen LogP contribution is 2.32. The minimum absolute atomic E-state index is 0.924. The van der Waals surface area contributed by atoms with Gasteiger partial charge in [0.25, 0.3) is 0 Å². The lowest BCUT2D eigenvalue weighted by Crippen LogP contribution is -2.12. The molecule has 1 nitrogen and oxygen atoms in total. The summed E-state index contributed by atoms with van der Waals surface area (Å²) in [4.78, 5) is 2.62. The lowest BCUT2D eigenvalue weighted by Gasteiger charge is -2.10. The Morgan fingerprint density at radius 2 is 1.62 bits per heavy atom. The molecule has 0 saturated carbocycles. The van der Waals surface area contributed by atoms with Crippen molar-refractivity contribution in [3.63, 3.8) is 0 Å². The van der Waals surface area contributed by atoms with Gasteiger partial charge in [-0.15, -0.1) is 0 Å². The van der Waals surface area contributed by atoms with Gasteiger partial charge in [-0.3, -0.25) is 0 Å². The van der Waals surface area contributed by atoms with Crippen molar-refractivity contribution in [2.75, 3.05) is 6.54 Å². The van der Waals surface area contributed by atoms with Crippen LogP contribution in [0.4, 0.5) is 0 Å². The zero-order valence-electron chi connectivity index (χ0n) is 12.2. The van der Waals surface area contributed by atoms with Crippen LogP contribution in [0, 0.1) is 0 Å². The molecule has 3 rings (SSSR count). The van der Waals surface area contributed by atoms with E-state index in [0.29, 0.717) is 0 Å². The van der Waals surface area contributed by atoms with Crippen molar-refractivity contribution in [1.29, 1.82) is 0 Å². The van der Waals surface area contributed by atoms with Crippen LogP contribution in [0.5, 0.6) is 0 Å². The molecule has 21 heavy (non-hydrogen) atoms. The van der Waals surface area contributed by atoms with Crippen LogP contribution in [-0.2, 0) is 6.54 Å². The van der Waals surface area contributed by atoms with Gasteiger partial charge < -0.3 is 5.32 Å². The Morgan fingerprint density at radius 3 is 2.48 bits per heavy atom. The molecule has 0 radical (unpaired) electrons. The molecule has 106 valence electrons. The molecule has 2 heteroatoms. The number of hydrogen-bond acceptors (Lipinski definition) is 2. The third kappa shape index (κ3) is 3.46. The van der Waals surface area contributed by atoms with Crippen LogP contribution in [0.2, 0.25) is 0 Å². The highest BCUT2D eigenvalue weighted by molar-refractivity contribution is 7.99. The average molecular weight is 293 g/mol. The van der Waals surface area contributed by atoms with Gasteiger partial charge >= 0.3 is 0 Å². The van der Waals surface area contributed by atoms with Crippen LogP contribution in [0.3, 0.4) is 0 Å². The summed E-state index contributed by atoms with van der Waals surface area (Å²) in [5.41, 5.74) is 1.36. The SMILES string of the molecule is CCNCc1ccccc1Sc1ccc2ccccc2c1. The summed E-state index contributed by atoms with van der Waals surface area (Å²) >= 11 is 1.84. The van der Waals surface area contributed by atoms with Crippen LogP contribution in [0.25, 0.3) is 10.8 Å². The largest absolute Gasteiger partial charge is 0.313 e. The molecule has 1 N–H and O–H groups in total. The maximum atomic E-state index is 3.41. The first-order chi connectivity index (χ1) is 10.4. The van der Waals surface area contributed by atoms with Crippen molar-refractivity contribution in [2.24, 2.45) is 0 Å². The lowest BCUT2D eigenvalue weighted by atomic mass is 10.1. The van der Waals surface area contributed by atoms with Crippen LogP contribution < -0.4 is 5.32 Å². The van der Waals surface area contributed by atoms with E-state index in [0.717, 1.165) is 13.1 Å². The third-order valence-electron chi connectivity index (χ3n) is 3.49. The second-order valence-electron chi connectivity index (χ2n) is 5.00. The van der Waals surface area contributed by atoms with E-state index in [2.05, 4.69) is 79.0 Å². The highest BCUT2D eigenvalue weighted by Gasteiger charge is 2.04. The zero-order valence-corrected chi connectivity index (χ0v) is 13.0. The van der Waals surface area contributed by atoms with E-state index >= 15 is 0 Å². The maximum Gasteiger partial charge on any atom is 0.0216 e. The van der Waals surface area contributed by atoms with Crippen LogP contribution >= 0.6 is 11.8 Å². The van der Waals surface area contributed by atoms with Gasteiger partial charge in [0, 0.05) is 16.3 Å². The lowest BCUT2D eigenvalue weighted by molar-refractivity contribution is 0.718. The Kier molecular flexibility index (Phi) is 4.59. The summed E-state index contributed by atoms with van der Waals surface area (Å²) in [5.74, 6) is 0. The number of benzene rings is 3. The van der Waals surface area contributed by atoms with Gasteiger partial charge in [-0.25, -0.2) is 0 Å². The molecule has 0 aliphatic carbocycles. The average Bonchev–Trinajstić information content (AvgIpc) is 2.54. The molecule has 0 aromatic heterocycles. The van der Waals surface area contributed by atoms with Crippen molar-refractivity contribution >= 4 is 22.5 Å². The molecule has 0 saturated heterocycles. The molecule has 0 heterocycles. The Balaban J connectivity index is 1.87. The summed E-state index contributed by atoms with van der Waals surface area (Å²) in [6.45, 7) is 4.06. The van der Waals surface area contributed by atoms with E-state index in [9.17, 15) is 0 Å². The molecular formula is C19H19NS. The van der Waals surface area contributed by atoms with Crippen molar-refractivity contribution < 1.29 is 0 Å². The fraction of sp³-hybridized carbons (Fsp3) is 0.158. The van der Waals surface area contributed by atoms with Crippen molar-refractivity contribution in [3.05, 3.63) is 72.3 Å². The van der Waals surface area contributed by atoms with Crippen molar-refractivity contribution in [2.45, 2.75) is 23.3 Å². The van der Waals surface area contributed by atoms with Gasteiger partial charge in [0.15, 0.2) is 0 Å². The number of fused-ring (bicyclic) bond motifs is 1. The smallest absolute Gasteiger partial charge is 0.0216 e. The predicted octanol–water partition coefficient (Wildman–Crippen LogP) is 5.10. The Labute approximate surface area is 130 Å². The van der Waals surface area contributed by atoms with Crippen LogP contribution in [-0.4, -0.2) is 6.54 Å². The second-order valence-corrected chi connectivity index (χ2v) is 6.11. The van der Waals surface area contributed by atoms with E-state index in [1.165, 1.54) is 26.1 Å². The number of rotatable bonds is 5. The Bertz CT molecular complexity index is 736. The summed E-state index contributed by atoms with van der Waals surface area (Å²) in [7, 11) is 0. The van der Waals surface area contributed by atoms with E-state index < -0.39 is 0 Å². The predicted molar refractivity (Wildman–Crippen MR) is 91.9 cm³/mol. The van der Waals surface area contributed by atoms with Gasteiger partial charge in [0.2, 0.25) is 0 Å². The Morgan fingerprint density at radius 1 is 0.857 bits per heavy atom. The summed E-state index contributed by atoms with van der Waals surface area (Å²) in [6, 6.07) is 23.8. The molecule has 0 aliphatic heterocycles. The summed E-state index contributed by atoms with van der Waals surface area (Å²) in [5, 5.41) is 6.00. The van der Waals surface area contributed by atoms with Crippen LogP contribution in [0.1, 0.15) is 12.5 Å². The molecule has 0 atom stereocenters. The van der Waals surface area contributed by atoms with Gasteiger partial charge in [-0.05, 0) is 41.1 Å². The molecule has 0 fully saturated rings. The first kappa shape index (κ1) is 14.2. The second kappa shape index (κ2) is 6.79. The number of hydrogen-bond donors (Lipinski definition) is 1. The minimum Gasteiger partial charge on any atom is -0.313 e. The van der Waals surface area contributed by atoms with E-state index in [-0.39, 0.29) is 0 Å². The zero-order chi connectivity index (χ0) is 14.5.